The van der Waals surface area contributed by atoms with Crippen LogP contribution >= 0.6 is 31.9 Å². The second-order valence-corrected chi connectivity index (χ2v) is 17.7. The van der Waals surface area contributed by atoms with Crippen LogP contribution in [-0.4, -0.2) is 57.4 Å². The summed E-state index contributed by atoms with van der Waals surface area (Å²) in [5, 5.41) is 14.8. The van der Waals surface area contributed by atoms with Crippen LogP contribution in [0.15, 0.2) is 140 Å². The molecule has 2 unspecified atom stereocenters. The van der Waals surface area contributed by atoms with Gasteiger partial charge in [-0.05, 0) is 88.2 Å². The second-order valence-electron chi connectivity index (χ2n) is 16.3. The maximum atomic E-state index is 14.9. The quantitative estimate of drug-likeness (QED) is 0.0304. The zero-order valence-electron chi connectivity index (χ0n) is 40.3. The van der Waals surface area contributed by atoms with Gasteiger partial charge in [-0.3, -0.25) is 19.8 Å². The number of nitrogens with one attached hydrogen (secondary N) is 2. The van der Waals surface area contributed by atoms with Crippen LogP contribution in [0.1, 0.15) is 67.2 Å². The Bertz CT molecular complexity index is 3410. The van der Waals surface area contributed by atoms with Crippen LogP contribution in [0, 0.1) is 37.1 Å². The Morgan fingerprint density at radius 3 is 1.52 bits per heavy atom. The lowest BCUT2D eigenvalue weighted by molar-refractivity contribution is -0.909. The highest BCUT2D eigenvalue weighted by atomic mass is 79.9. The van der Waals surface area contributed by atoms with Crippen molar-refractivity contribution in [3.8, 4) is 34.0 Å². The summed E-state index contributed by atoms with van der Waals surface area (Å²) < 4.78 is 92.3. The van der Waals surface area contributed by atoms with E-state index in [1.807, 2.05) is 62.4 Å². The fourth-order valence-electron chi connectivity index (χ4n) is 6.85. The number of halogens is 6. The number of benzene rings is 4. The third-order valence-corrected chi connectivity index (χ3v) is 11.8. The number of pyridine rings is 2. The summed E-state index contributed by atoms with van der Waals surface area (Å²) in [5.74, 6) is -8.85. The standard InChI is InChI=1S/C26H21BrF2N4O6.C26H21BrF2N4O5/c1-14-5-7-15(8-6-14)22-23(27)39-25(32-22)19(38-18-10-9-17(28)20(21(18)29)24(30)34)13-37-26(35)31-12-16-4-2-3-11-33(16)36;1-14-5-7-15(8-6-14)22-23(27)38-25(33-22)19(13-36-26(35)32-12-16-4-2-3-11-31-16)37-18-10-9-17(28)20(21(18)29)24(30)34/h2-11,19H,12-13H2,1H3,(H3-,30,31,34,35,36);2-11,19H,12-13H2,1H3,(H2,30,34)(H,32,35)/p+1. The molecule has 19 nitrogen and oxygen atoms in total. The lowest BCUT2D eigenvalue weighted by Gasteiger charge is -2.18. The molecule has 4 aromatic heterocycles. The van der Waals surface area contributed by atoms with Crippen LogP contribution in [0.4, 0.5) is 27.2 Å². The zero-order valence-corrected chi connectivity index (χ0v) is 43.4. The lowest BCUT2D eigenvalue weighted by Crippen LogP contribution is -2.38. The summed E-state index contributed by atoms with van der Waals surface area (Å²) in [5.41, 5.74) is 13.5. The van der Waals surface area contributed by atoms with E-state index in [1.165, 1.54) is 6.20 Å². The summed E-state index contributed by atoms with van der Waals surface area (Å²) >= 11 is 6.62. The molecule has 25 heteroatoms. The Labute approximate surface area is 451 Å². The maximum absolute atomic E-state index is 14.9. The van der Waals surface area contributed by atoms with E-state index in [0.717, 1.165) is 40.1 Å². The van der Waals surface area contributed by atoms with Crippen molar-refractivity contribution >= 4 is 55.9 Å². The average molecular weight is 1190 g/mol. The fourth-order valence-corrected chi connectivity index (χ4v) is 7.82. The Kier molecular flexibility index (Phi) is 18.6. The van der Waals surface area contributed by atoms with Gasteiger partial charge in [0.25, 0.3) is 17.5 Å². The summed E-state index contributed by atoms with van der Waals surface area (Å²) in [6.45, 7) is 2.89. The predicted molar refractivity (Wildman–Crippen MR) is 270 cm³/mol. The number of primary amides is 2. The summed E-state index contributed by atoms with van der Waals surface area (Å²) in [7, 11) is 0. The van der Waals surface area contributed by atoms with E-state index in [1.54, 1.807) is 42.6 Å². The number of hydrogen-bond acceptors (Lipinski definition) is 14. The van der Waals surface area contributed by atoms with Crippen LogP contribution in [0.25, 0.3) is 22.5 Å². The molecule has 8 rings (SSSR count). The molecule has 7 N–H and O–H groups in total. The third kappa shape index (κ3) is 14.5. The molecule has 4 aromatic carbocycles. The highest BCUT2D eigenvalue weighted by Crippen LogP contribution is 2.36. The van der Waals surface area contributed by atoms with Crippen LogP contribution in [0.5, 0.6) is 11.5 Å². The number of carbonyl (C=O) groups is 4. The van der Waals surface area contributed by atoms with Gasteiger partial charge >= 0.3 is 12.2 Å². The SMILES string of the molecule is Cc1ccc(-c2nc(C(COC(=O)NCc3cccc[n+]3O)Oc3ccc(F)c(C(N)=O)c3F)oc2Br)cc1.Cc1ccc(-c2nc(C(COC(=O)NCc3ccccn3)Oc3ccc(F)c(C(N)=O)c3F)oc2Br)cc1. The number of aryl methyl sites for hydroxylation is 2. The second kappa shape index (κ2) is 25.6. The normalized spacial score (nSPS) is 11.6. The maximum Gasteiger partial charge on any atom is 0.407 e. The molecule has 2 atom stereocenters. The highest BCUT2D eigenvalue weighted by molar-refractivity contribution is 9.10. The first-order valence-electron chi connectivity index (χ1n) is 22.6. The van der Waals surface area contributed by atoms with Gasteiger partial charge in [-0.25, -0.2) is 37.1 Å². The first kappa shape index (κ1) is 55.9. The van der Waals surface area contributed by atoms with Gasteiger partial charge in [-0.15, -0.1) is 0 Å². The molecule has 4 heterocycles. The first-order valence-corrected chi connectivity index (χ1v) is 24.2. The Hall–Kier alpha value is -8.84. The summed E-state index contributed by atoms with van der Waals surface area (Å²) in [4.78, 5) is 60.8. The van der Waals surface area contributed by atoms with Gasteiger partial charge in [0.2, 0.25) is 30.2 Å². The van der Waals surface area contributed by atoms with Crippen molar-refractivity contribution in [1.29, 1.82) is 0 Å². The number of carbonyl (C=O) groups excluding carboxylic acids is 4. The van der Waals surface area contributed by atoms with Gasteiger partial charge in [0, 0.05) is 34.2 Å². The average Bonchev–Trinajstić information content (AvgIpc) is 4.02. The molecule has 0 saturated heterocycles. The zero-order chi connectivity index (χ0) is 55.3. The molecular weight excluding hydrogens is 1150 g/mol. The number of aromatic nitrogens is 4. The van der Waals surface area contributed by atoms with Crippen molar-refractivity contribution < 1.29 is 74.5 Å². The summed E-state index contributed by atoms with van der Waals surface area (Å²) in [6, 6.07) is 28.5. The third-order valence-electron chi connectivity index (χ3n) is 10.8. The number of amides is 4. The number of nitrogens with two attached hydrogens (primary N) is 2. The molecule has 398 valence electrons. The van der Waals surface area contributed by atoms with Crippen molar-refractivity contribution in [2.75, 3.05) is 13.2 Å². The van der Waals surface area contributed by atoms with Gasteiger partial charge in [0.1, 0.15) is 53.9 Å². The van der Waals surface area contributed by atoms with Crippen LogP contribution in [-0.2, 0) is 22.6 Å². The topological polar surface area (TPSA) is 270 Å². The first-order chi connectivity index (χ1) is 36.9. The largest absolute Gasteiger partial charge is 0.474 e. The molecule has 0 saturated carbocycles. The Balaban J connectivity index is 0.000000224. The highest BCUT2D eigenvalue weighted by Gasteiger charge is 2.30. The van der Waals surface area contributed by atoms with E-state index in [4.69, 9.17) is 39.2 Å². The molecule has 0 bridgehead atoms. The van der Waals surface area contributed by atoms with E-state index >= 15 is 0 Å². The van der Waals surface area contributed by atoms with Crippen LogP contribution in [0.3, 0.4) is 0 Å². The molecular formula is C52H43Br2F4N8O11+. The lowest BCUT2D eigenvalue weighted by atomic mass is 10.1. The Morgan fingerprint density at radius 2 is 1.09 bits per heavy atom. The Morgan fingerprint density at radius 1 is 0.636 bits per heavy atom. The molecule has 0 radical (unpaired) electrons. The van der Waals surface area contributed by atoms with E-state index in [9.17, 15) is 41.9 Å². The van der Waals surface area contributed by atoms with E-state index in [0.29, 0.717) is 33.9 Å². The van der Waals surface area contributed by atoms with Crippen molar-refractivity contribution in [2.45, 2.75) is 39.1 Å². The minimum atomic E-state index is -1.34. The number of hydrogen-bond donors (Lipinski definition) is 5. The van der Waals surface area contributed by atoms with Crippen molar-refractivity contribution in [1.82, 2.24) is 25.6 Å². The molecule has 0 aliphatic carbocycles. The van der Waals surface area contributed by atoms with Crippen LogP contribution in [0.2, 0.25) is 0 Å². The van der Waals surface area contributed by atoms with Gasteiger partial charge in [0.15, 0.2) is 32.5 Å². The van der Waals surface area contributed by atoms with Gasteiger partial charge in [0.05, 0.1) is 12.2 Å². The van der Waals surface area contributed by atoms with Crippen LogP contribution < -0.4 is 36.3 Å². The van der Waals surface area contributed by atoms with E-state index in [-0.39, 0.29) is 34.2 Å². The van der Waals surface area contributed by atoms with E-state index in [2.05, 4.69) is 57.4 Å². The molecule has 0 spiro atoms. The number of nitrogens with zero attached hydrogens (tertiary/aromatic N) is 4. The molecule has 4 amide bonds. The van der Waals surface area contributed by atoms with Gasteiger partial charge in [-0.1, -0.05) is 65.7 Å². The smallest absolute Gasteiger partial charge is 0.407 e. The number of rotatable bonds is 18. The van der Waals surface area contributed by atoms with Crippen molar-refractivity contribution in [3.63, 3.8) is 0 Å². The summed E-state index contributed by atoms with van der Waals surface area (Å²) in [6.07, 6.45) is -1.36. The molecule has 0 fully saturated rings. The number of oxazole rings is 2. The molecule has 0 aliphatic heterocycles. The monoisotopic (exact) mass is 1190 g/mol. The minimum Gasteiger partial charge on any atom is -0.474 e. The van der Waals surface area contributed by atoms with Crippen molar-refractivity contribution in [3.05, 3.63) is 200 Å². The predicted octanol–water partition coefficient (Wildman–Crippen LogP) is 9.59. The number of ether oxygens (including phenoxy) is 4. The fraction of sp³-hybridized carbons (Fsp3) is 0.154. The molecule has 77 heavy (non-hydrogen) atoms. The van der Waals surface area contributed by atoms with Gasteiger partial charge in [-0.2, -0.15) is 0 Å². The van der Waals surface area contributed by atoms with Gasteiger partial charge < -0.3 is 49.9 Å². The minimum absolute atomic E-state index is 0.0711. The van der Waals surface area contributed by atoms with E-state index < -0.39 is 95.3 Å². The number of alkyl carbamates (subject to hydrolysis) is 2. The molecule has 8 aromatic rings. The molecule has 0 aliphatic rings. The van der Waals surface area contributed by atoms with Crippen molar-refractivity contribution in [2.24, 2.45) is 11.5 Å².